The molecule has 0 saturated carbocycles. The third-order valence-corrected chi connectivity index (χ3v) is 9.09. The van der Waals surface area contributed by atoms with E-state index in [1.807, 2.05) is 0 Å². The molecule has 0 N–H and O–H groups in total. The monoisotopic (exact) mass is 553 g/mol. The van der Waals surface area contributed by atoms with Gasteiger partial charge in [-0.25, -0.2) is 16.8 Å². The lowest BCUT2D eigenvalue weighted by atomic mass is 10.2. The van der Waals surface area contributed by atoms with Gasteiger partial charge in [0.2, 0.25) is 6.79 Å². The van der Waals surface area contributed by atoms with Gasteiger partial charge in [0.15, 0.2) is 11.5 Å². The Labute approximate surface area is 200 Å². The minimum absolute atomic E-state index is 0.0871. The number of hydrogen-bond donors (Lipinski definition) is 0. The van der Waals surface area contributed by atoms with Crippen LogP contribution < -0.4 is 13.2 Å². The van der Waals surface area contributed by atoms with E-state index in [1.54, 1.807) is 0 Å². The highest BCUT2D eigenvalue weighted by Gasteiger charge is 2.40. The van der Waals surface area contributed by atoms with Crippen LogP contribution in [0.3, 0.4) is 0 Å². The average molecular weight is 553 g/mol. The number of rotatable bonds is 5. The second-order valence-corrected chi connectivity index (χ2v) is 11.1. The second kappa shape index (κ2) is 8.58. The lowest BCUT2D eigenvalue weighted by Crippen LogP contribution is -2.37. The van der Waals surface area contributed by atoms with Crippen molar-refractivity contribution in [2.75, 3.05) is 10.5 Å². The molecule has 4 rings (SSSR count). The highest BCUT2D eigenvalue weighted by atomic mass is 32.3. The molecule has 0 fully saturated rings. The topological polar surface area (TPSA) is 90.0 Å². The Hall–Kier alpha value is -3.46. The van der Waals surface area contributed by atoms with E-state index in [9.17, 15) is 43.2 Å². The number of nitrogens with zero attached hydrogens (tertiary/aromatic N) is 1. The standard InChI is InChI=1S/C21H13F6NO6S2/c22-20(23,24)13-3-1-5-16(9-13)35(29,30)28(15-7-8-18-19(11-15)34-12-33-18)36(31,32)17-6-2-4-14(10-17)21(25,26)27/h1-11H,12H2. The molecule has 1 aliphatic rings. The predicted molar refractivity (Wildman–Crippen MR) is 112 cm³/mol. The van der Waals surface area contributed by atoms with Crippen LogP contribution in [0, 0.1) is 0 Å². The van der Waals surface area contributed by atoms with Crippen LogP contribution in [-0.4, -0.2) is 23.6 Å². The summed E-state index contributed by atoms with van der Waals surface area (Å²) in [5.74, 6) is 0.0302. The molecule has 192 valence electrons. The molecule has 15 heteroatoms. The van der Waals surface area contributed by atoms with Gasteiger partial charge in [0.05, 0.1) is 26.6 Å². The number of ether oxygens (including phenoxy) is 2. The molecular weight excluding hydrogens is 540 g/mol. The summed E-state index contributed by atoms with van der Waals surface area (Å²) >= 11 is 0. The molecule has 1 heterocycles. The minimum Gasteiger partial charge on any atom is -0.454 e. The van der Waals surface area contributed by atoms with Gasteiger partial charge < -0.3 is 9.47 Å². The fourth-order valence-electron chi connectivity index (χ4n) is 3.26. The number of alkyl halides is 6. The first-order chi connectivity index (χ1) is 16.6. The van der Waals surface area contributed by atoms with Gasteiger partial charge in [0, 0.05) is 6.07 Å². The third kappa shape index (κ3) is 4.67. The normalized spacial score (nSPS) is 14.1. The molecule has 0 amide bonds. The van der Waals surface area contributed by atoms with Crippen molar-refractivity contribution in [3.63, 3.8) is 0 Å². The smallest absolute Gasteiger partial charge is 0.416 e. The first-order valence-corrected chi connectivity index (χ1v) is 12.5. The Morgan fingerprint density at radius 2 is 1.11 bits per heavy atom. The van der Waals surface area contributed by atoms with Crippen molar-refractivity contribution in [2.24, 2.45) is 0 Å². The largest absolute Gasteiger partial charge is 0.454 e. The Balaban J connectivity index is 1.95. The van der Waals surface area contributed by atoms with Gasteiger partial charge in [-0.1, -0.05) is 12.1 Å². The zero-order valence-corrected chi connectivity index (χ0v) is 19.2. The number of hydrogen-bond acceptors (Lipinski definition) is 6. The summed E-state index contributed by atoms with van der Waals surface area (Å²) in [4.78, 5) is -2.13. The summed E-state index contributed by atoms with van der Waals surface area (Å²) in [6.45, 7) is -0.278. The highest BCUT2D eigenvalue weighted by Crippen LogP contribution is 2.40. The first-order valence-electron chi connectivity index (χ1n) is 9.66. The molecule has 7 nitrogen and oxygen atoms in total. The molecule has 1 aliphatic heterocycles. The molecule has 0 atom stereocenters. The van der Waals surface area contributed by atoms with Crippen molar-refractivity contribution in [1.29, 1.82) is 0 Å². The fourth-order valence-corrected chi connectivity index (χ4v) is 7.03. The quantitative estimate of drug-likeness (QED) is 0.412. The summed E-state index contributed by atoms with van der Waals surface area (Å²) in [6.07, 6.45) is -9.93. The molecule has 3 aromatic carbocycles. The highest BCUT2D eigenvalue weighted by molar-refractivity contribution is 8.10. The minimum atomic E-state index is -5.34. The maximum Gasteiger partial charge on any atom is 0.416 e. The molecule has 0 bridgehead atoms. The van der Waals surface area contributed by atoms with Crippen LogP contribution in [-0.2, 0) is 32.4 Å². The van der Waals surface area contributed by atoms with Crippen LogP contribution in [0.1, 0.15) is 11.1 Å². The van der Waals surface area contributed by atoms with E-state index in [1.165, 1.54) is 0 Å². The molecule has 0 unspecified atom stereocenters. The van der Waals surface area contributed by atoms with Crippen LogP contribution in [0.5, 0.6) is 11.5 Å². The van der Waals surface area contributed by atoms with Gasteiger partial charge in [-0.05, 0) is 48.5 Å². The summed E-state index contributed by atoms with van der Waals surface area (Å²) in [5.41, 5.74) is -3.40. The van der Waals surface area contributed by atoms with Crippen molar-refractivity contribution < 1.29 is 52.7 Å². The van der Waals surface area contributed by atoms with E-state index in [4.69, 9.17) is 9.47 Å². The SMILES string of the molecule is O=S(=O)(c1cccc(C(F)(F)F)c1)N(c1ccc2c(c1)OCO2)S(=O)(=O)c1cccc(C(F)(F)F)c1. The van der Waals surface area contributed by atoms with Crippen molar-refractivity contribution >= 4 is 25.7 Å². The zero-order valence-electron chi connectivity index (χ0n) is 17.5. The second-order valence-electron chi connectivity index (χ2n) is 7.30. The fraction of sp³-hybridized carbons (Fsp3) is 0.143. The van der Waals surface area contributed by atoms with E-state index < -0.39 is 59.0 Å². The molecule has 0 radical (unpaired) electrons. The van der Waals surface area contributed by atoms with Gasteiger partial charge in [0.1, 0.15) is 0 Å². The van der Waals surface area contributed by atoms with Crippen molar-refractivity contribution in [3.8, 4) is 11.5 Å². The lowest BCUT2D eigenvalue weighted by molar-refractivity contribution is -0.138. The summed E-state index contributed by atoms with van der Waals surface area (Å²) in [7, 11) is -10.7. The third-order valence-electron chi connectivity index (χ3n) is 4.92. The maximum atomic E-state index is 13.5. The Morgan fingerprint density at radius 3 is 1.58 bits per heavy atom. The van der Waals surface area contributed by atoms with E-state index in [0.29, 0.717) is 12.1 Å². The zero-order chi connectivity index (χ0) is 26.5. The van der Waals surface area contributed by atoms with Crippen LogP contribution in [0.2, 0.25) is 0 Å². The summed E-state index contributed by atoms with van der Waals surface area (Å²) in [6, 6.07) is 7.59. The molecule has 0 aliphatic carbocycles. The Bertz CT molecular complexity index is 1450. The lowest BCUT2D eigenvalue weighted by Gasteiger charge is -2.25. The van der Waals surface area contributed by atoms with E-state index in [2.05, 4.69) is 0 Å². The number of sulfonamides is 2. The van der Waals surface area contributed by atoms with E-state index in [-0.39, 0.29) is 34.1 Å². The van der Waals surface area contributed by atoms with Crippen molar-refractivity contribution in [1.82, 2.24) is 0 Å². The molecule has 0 saturated heterocycles. The van der Waals surface area contributed by atoms with Gasteiger partial charge in [0.25, 0.3) is 20.0 Å². The van der Waals surface area contributed by atoms with Gasteiger partial charge in [-0.15, -0.1) is 0 Å². The Morgan fingerprint density at radius 1 is 0.639 bits per heavy atom. The maximum absolute atomic E-state index is 13.5. The van der Waals surface area contributed by atoms with Gasteiger partial charge in [-0.2, -0.15) is 30.1 Å². The molecule has 0 spiro atoms. The van der Waals surface area contributed by atoms with Crippen LogP contribution >= 0.6 is 0 Å². The molecule has 0 aromatic heterocycles. The van der Waals surface area contributed by atoms with Crippen molar-refractivity contribution in [3.05, 3.63) is 77.9 Å². The van der Waals surface area contributed by atoms with Gasteiger partial charge in [-0.3, -0.25) is 0 Å². The van der Waals surface area contributed by atoms with Crippen molar-refractivity contribution in [2.45, 2.75) is 22.1 Å². The first kappa shape index (κ1) is 25.6. The van der Waals surface area contributed by atoms with E-state index >= 15 is 0 Å². The number of fused-ring (bicyclic) bond motifs is 1. The number of benzene rings is 3. The van der Waals surface area contributed by atoms with Gasteiger partial charge >= 0.3 is 12.4 Å². The number of anilines is 1. The van der Waals surface area contributed by atoms with Crippen LogP contribution in [0.4, 0.5) is 32.0 Å². The number of halogens is 6. The molecule has 36 heavy (non-hydrogen) atoms. The Kier molecular flexibility index (Phi) is 6.11. The molecular formula is C21H13F6NO6S2. The van der Waals surface area contributed by atoms with E-state index in [0.717, 1.165) is 42.5 Å². The molecule has 3 aromatic rings. The predicted octanol–water partition coefficient (Wildman–Crippen LogP) is 5.04. The average Bonchev–Trinajstić information content (AvgIpc) is 3.26. The van der Waals surface area contributed by atoms with Crippen LogP contribution in [0.15, 0.2) is 76.5 Å². The van der Waals surface area contributed by atoms with Crippen LogP contribution in [0.25, 0.3) is 0 Å². The summed E-state index contributed by atoms with van der Waals surface area (Å²) in [5, 5.41) is 0. The summed E-state index contributed by atoms with van der Waals surface area (Å²) < 4.78 is 143.